The highest BCUT2D eigenvalue weighted by Gasteiger charge is 2.29. The van der Waals surface area contributed by atoms with Gasteiger partial charge in [-0.15, -0.1) is 11.3 Å². The summed E-state index contributed by atoms with van der Waals surface area (Å²) >= 11 is 15.0. The lowest BCUT2D eigenvalue weighted by Gasteiger charge is -2.32. The fourth-order valence-electron chi connectivity index (χ4n) is 2.83. The Labute approximate surface area is 145 Å². The minimum atomic E-state index is 0.503. The summed E-state index contributed by atoms with van der Waals surface area (Å²) in [5.41, 5.74) is 1.39. The number of thiophene rings is 1. The first-order chi connectivity index (χ1) is 9.65. The van der Waals surface area contributed by atoms with Gasteiger partial charge in [-0.25, -0.2) is 0 Å². The van der Waals surface area contributed by atoms with Gasteiger partial charge in [-0.2, -0.15) is 0 Å². The van der Waals surface area contributed by atoms with Gasteiger partial charge in [-0.3, -0.25) is 0 Å². The zero-order valence-electron chi connectivity index (χ0n) is 10.7. The highest BCUT2D eigenvalue weighted by atomic mass is 79.9. The molecule has 0 aliphatic carbocycles. The monoisotopic (exact) mass is 433 g/mol. The topological polar surface area (TPSA) is 12.0 Å². The zero-order chi connectivity index (χ0) is 14.1. The third-order valence-electron chi connectivity index (χ3n) is 3.79. The Morgan fingerprint density at radius 2 is 2.05 bits per heavy atom. The first-order valence-electron chi connectivity index (χ1n) is 6.56. The van der Waals surface area contributed by atoms with E-state index in [9.17, 15) is 0 Å². The van der Waals surface area contributed by atoms with Crippen LogP contribution in [0.5, 0.6) is 0 Å². The van der Waals surface area contributed by atoms with Crippen LogP contribution in [0.25, 0.3) is 0 Å². The second-order valence-corrected chi connectivity index (χ2v) is 8.49. The molecule has 2 heterocycles. The first kappa shape index (κ1) is 15.0. The van der Waals surface area contributed by atoms with Crippen molar-refractivity contribution >= 4 is 54.8 Å². The molecular weight excluding hydrogens is 422 g/mol. The van der Waals surface area contributed by atoms with E-state index in [1.807, 2.05) is 0 Å². The molecule has 0 amide bonds. The quantitative estimate of drug-likeness (QED) is 0.630. The Morgan fingerprint density at radius 1 is 1.20 bits per heavy atom. The minimum absolute atomic E-state index is 0.503. The molecule has 0 saturated carbocycles. The summed E-state index contributed by atoms with van der Waals surface area (Å²) in [4.78, 5) is 1.38. The molecule has 1 N–H and O–H groups in total. The number of halogens is 3. The van der Waals surface area contributed by atoms with Crippen molar-refractivity contribution in [1.29, 1.82) is 0 Å². The summed E-state index contributed by atoms with van der Waals surface area (Å²) in [6, 6.07) is 10.8. The normalized spacial score (nSPS) is 22.9. The Kier molecular flexibility index (Phi) is 4.88. The van der Waals surface area contributed by atoms with Gasteiger partial charge in [0.1, 0.15) is 4.34 Å². The Balaban J connectivity index is 1.95. The van der Waals surface area contributed by atoms with Crippen LogP contribution in [-0.4, -0.2) is 13.1 Å². The molecule has 106 valence electrons. The van der Waals surface area contributed by atoms with Crippen LogP contribution in [0.1, 0.15) is 28.7 Å². The maximum atomic E-state index is 6.22. The van der Waals surface area contributed by atoms with E-state index in [1.54, 1.807) is 11.3 Å². The van der Waals surface area contributed by atoms with Crippen LogP contribution in [0, 0.1) is 0 Å². The van der Waals surface area contributed by atoms with Crippen LogP contribution in [-0.2, 0) is 0 Å². The molecule has 1 fully saturated rings. The van der Waals surface area contributed by atoms with E-state index in [-0.39, 0.29) is 0 Å². The van der Waals surface area contributed by atoms with Crippen molar-refractivity contribution in [3.8, 4) is 0 Å². The van der Waals surface area contributed by atoms with Gasteiger partial charge in [0.05, 0.1) is 0 Å². The van der Waals surface area contributed by atoms with Gasteiger partial charge in [0, 0.05) is 32.2 Å². The maximum Gasteiger partial charge on any atom is 0.107 e. The molecule has 0 spiro atoms. The van der Waals surface area contributed by atoms with E-state index < -0.39 is 0 Å². The second kappa shape index (κ2) is 6.49. The molecule has 1 aliphatic rings. The Bertz CT molecular complexity index is 594. The van der Waals surface area contributed by atoms with E-state index in [4.69, 9.17) is 11.6 Å². The molecule has 2 atom stereocenters. The van der Waals surface area contributed by atoms with Crippen molar-refractivity contribution < 1.29 is 0 Å². The average Bonchev–Trinajstić information content (AvgIpc) is 2.79. The minimum Gasteiger partial charge on any atom is -0.316 e. The molecular formula is C15H14Br2ClNS. The smallest absolute Gasteiger partial charge is 0.107 e. The second-order valence-electron chi connectivity index (χ2n) is 5.03. The number of benzene rings is 1. The molecule has 1 aliphatic heterocycles. The van der Waals surface area contributed by atoms with E-state index >= 15 is 0 Å². The molecule has 5 heteroatoms. The number of hydrogen-bond donors (Lipinski definition) is 1. The lowest BCUT2D eigenvalue weighted by Crippen LogP contribution is -2.33. The van der Waals surface area contributed by atoms with E-state index in [0.717, 1.165) is 32.8 Å². The summed E-state index contributed by atoms with van der Waals surface area (Å²) in [6.07, 6.45) is 1.15. The zero-order valence-corrected chi connectivity index (χ0v) is 15.4. The maximum absolute atomic E-state index is 6.22. The summed E-state index contributed by atoms with van der Waals surface area (Å²) in [5, 5.41) is 3.52. The fourth-order valence-corrected chi connectivity index (χ4v) is 5.19. The molecule has 0 bridgehead atoms. The highest BCUT2D eigenvalue weighted by molar-refractivity contribution is 9.10. The molecule has 2 unspecified atom stereocenters. The molecule has 1 nitrogen and oxygen atoms in total. The predicted molar refractivity (Wildman–Crippen MR) is 94.1 cm³/mol. The molecule has 1 aromatic heterocycles. The summed E-state index contributed by atoms with van der Waals surface area (Å²) in [6.45, 7) is 2.09. The van der Waals surface area contributed by atoms with Crippen molar-refractivity contribution in [3.05, 3.63) is 54.1 Å². The molecule has 1 aromatic carbocycles. The number of nitrogens with one attached hydrogen (secondary N) is 1. The van der Waals surface area contributed by atoms with Gasteiger partial charge < -0.3 is 5.32 Å². The van der Waals surface area contributed by atoms with Gasteiger partial charge in [0.25, 0.3) is 0 Å². The third kappa shape index (κ3) is 3.14. The molecule has 0 radical (unpaired) electrons. The van der Waals surface area contributed by atoms with Crippen LogP contribution in [0.15, 0.2) is 39.3 Å². The summed E-state index contributed by atoms with van der Waals surface area (Å²) < 4.78 is 3.02. The van der Waals surface area contributed by atoms with Crippen molar-refractivity contribution in [2.24, 2.45) is 0 Å². The summed E-state index contributed by atoms with van der Waals surface area (Å²) in [5.74, 6) is 1.04. The van der Waals surface area contributed by atoms with Gasteiger partial charge >= 0.3 is 0 Å². The van der Waals surface area contributed by atoms with Crippen molar-refractivity contribution in [3.63, 3.8) is 0 Å². The Hall–Kier alpha value is 0.130. The van der Waals surface area contributed by atoms with E-state index in [2.05, 4.69) is 67.5 Å². The van der Waals surface area contributed by atoms with E-state index in [0.29, 0.717) is 11.8 Å². The van der Waals surface area contributed by atoms with Crippen LogP contribution in [0.3, 0.4) is 0 Å². The number of hydrogen-bond acceptors (Lipinski definition) is 2. The van der Waals surface area contributed by atoms with Crippen LogP contribution >= 0.6 is 54.8 Å². The van der Waals surface area contributed by atoms with Gasteiger partial charge in [-0.1, -0.05) is 39.7 Å². The number of rotatable bonds is 2. The van der Waals surface area contributed by atoms with Crippen LogP contribution in [0.4, 0.5) is 0 Å². The molecule has 1 saturated heterocycles. The van der Waals surface area contributed by atoms with Crippen LogP contribution < -0.4 is 5.32 Å². The van der Waals surface area contributed by atoms with Gasteiger partial charge in [0.15, 0.2) is 0 Å². The third-order valence-corrected chi connectivity index (χ3v) is 6.89. The first-order valence-corrected chi connectivity index (χ1v) is 9.34. The Morgan fingerprint density at radius 3 is 2.75 bits per heavy atom. The molecule has 2 aromatic rings. The van der Waals surface area contributed by atoms with Crippen molar-refractivity contribution in [2.75, 3.05) is 13.1 Å². The van der Waals surface area contributed by atoms with Crippen molar-refractivity contribution in [1.82, 2.24) is 5.32 Å². The highest BCUT2D eigenvalue weighted by Crippen LogP contribution is 2.44. The standard InChI is InChI=1S/C15H14Br2ClNS/c16-10-3-1-2-9(6-10)12-8-19-5-4-11(12)14-7-13(17)15(18)20-14/h1-3,6-7,11-12,19H,4-5,8H2. The van der Waals surface area contributed by atoms with E-state index in [1.165, 1.54) is 10.4 Å². The predicted octanol–water partition coefficient (Wildman–Crippen LogP) is 5.79. The van der Waals surface area contributed by atoms with Crippen molar-refractivity contribution in [2.45, 2.75) is 18.3 Å². The fraction of sp³-hybridized carbons (Fsp3) is 0.333. The average molecular weight is 436 g/mol. The SMILES string of the molecule is Clc1sc(C2CCNCC2c2cccc(Br)c2)cc1Br. The van der Waals surface area contributed by atoms with Gasteiger partial charge in [0.2, 0.25) is 0 Å². The molecule has 20 heavy (non-hydrogen) atoms. The summed E-state index contributed by atoms with van der Waals surface area (Å²) in [7, 11) is 0. The molecule has 3 rings (SSSR count). The largest absolute Gasteiger partial charge is 0.316 e. The lowest BCUT2D eigenvalue weighted by molar-refractivity contribution is 0.408. The van der Waals surface area contributed by atoms with Crippen LogP contribution in [0.2, 0.25) is 4.34 Å². The lowest BCUT2D eigenvalue weighted by atomic mass is 9.80. The number of piperidine rings is 1. The van der Waals surface area contributed by atoms with Gasteiger partial charge in [-0.05, 0) is 52.7 Å².